The fraction of sp³-hybridized carbons (Fsp3) is 0.444. The van der Waals surface area contributed by atoms with E-state index in [2.05, 4.69) is 20.3 Å². The highest BCUT2D eigenvalue weighted by molar-refractivity contribution is 6.31. The molecule has 1 unspecified atom stereocenters. The molecule has 140 valence electrons. The summed E-state index contributed by atoms with van der Waals surface area (Å²) in [6, 6.07) is 5.82. The molecule has 0 spiro atoms. The van der Waals surface area contributed by atoms with Crippen LogP contribution in [0.25, 0.3) is 0 Å². The Morgan fingerprint density at radius 2 is 2.08 bits per heavy atom. The number of carbonyl (C=O) groups is 1. The van der Waals surface area contributed by atoms with Gasteiger partial charge in [-0.25, -0.2) is 4.39 Å². The van der Waals surface area contributed by atoms with Crippen molar-refractivity contribution in [1.82, 2.24) is 15.0 Å². The lowest BCUT2D eigenvalue weighted by molar-refractivity contribution is -0.121. The van der Waals surface area contributed by atoms with Crippen LogP contribution in [0.1, 0.15) is 18.4 Å². The Balaban J connectivity index is 1.50. The first-order valence-corrected chi connectivity index (χ1v) is 8.94. The van der Waals surface area contributed by atoms with E-state index in [1.165, 1.54) is 18.2 Å². The number of hydrogen-bond donors (Lipinski definition) is 1. The molecule has 26 heavy (non-hydrogen) atoms. The first kappa shape index (κ1) is 18.8. The molecule has 1 saturated heterocycles. The summed E-state index contributed by atoms with van der Waals surface area (Å²) in [6.45, 7) is 7.78. The van der Waals surface area contributed by atoms with Gasteiger partial charge in [0.1, 0.15) is 11.6 Å². The van der Waals surface area contributed by atoms with Crippen LogP contribution in [0.5, 0.6) is 0 Å². The highest BCUT2D eigenvalue weighted by Gasteiger charge is 2.26. The second kappa shape index (κ2) is 8.16. The molecule has 1 amide bonds. The number of halogens is 2. The predicted molar refractivity (Wildman–Crippen MR) is 97.6 cm³/mol. The summed E-state index contributed by atoms with van der Waals surface area (Å²) in [5.74, 6) is 0.175. The summed E-state index contributed by atoms with van der Waals surface area (Å²) in [6.07, 6.45) is 0. The van der Waals surface area contributed by atoms with Crippen molar-refractivity contribution in [2.75, 3.05) is 31.5 Å². The molecule has 1 N–H and O–H groups in total. The van der Waals surface area contributed by atoms with Gasteiger partial charge in [0.25, 0.3) is 0 Å². The van der Waals surface area contributed by atoms with Crippen molar-refractivity contribution < 1.29 is 13.7 Å². The summed E-state index contributed by atoms with van der Waals surface area (Å²) in [7, 11) is 0. The van der Waals surface area contributed by atoms with Crippen molar-refractivity contribution in [1.29, 1.82) is 0 Å². The Hall–Kier alpha value is -1.96. The molecule has 2 heterocycles. The maximum atomic E-state index is 13.2. The fourth-order valence-corrected chi connectivity index (χ4v) is 3.20. The van der Waals surface area contributed by atoms with Crippen LogP contribution in [0, 0.1) is 12.7 Å². The van der Waals surface area contributed by atoms with Crippen LogP contribution < -0.4 is 5.32 Å². The summed E-state index contributed by atoms with van der Waals surface area (Å²) < 4.78 is 18.3. The highest BCUT2D eigenvalue weighted by Crippen LogP contribution is 2.20. The third kappa shape index (κ3) is 4.60. The van der Waals surface area contributed by atoms with Gasteiger partial charge in [0.05, 0.1) is 16.8 Å². The van der Waals surface area contributed by atoms with Crippen molar-refractivity contribution in [3.63, 3.8) is 0 Å². The molecule has 1 atom stereocenters. The Labute approximate surface area is 156 Å². The van der Waals surface area contributed by atoms with Crippen molar-refractivity contribution >= 4 is 23.2 Å². The number of aromatic nitrogens is 1. The smallest absolute Gasteiger partial charge is 0.241 e. The number of benzene rings is 1. The second-order valence-electron chi connectivity index (χ2n) is 6.54. The number of carbonyl (C=O) groups excluding carboxylic acids is 1. The van der Waals surface area contributed by atoms with Gasteiger partial charge in [-0.05, 0) is 32.0 Å². The molecule has 0 aliphatic carbocycles. The number of piperazine rings is 1. The molecule has 1 aliphatic heterocycles. The number of anilines is 1. The van der Waals surface area contributed by atoms with Crippen molar-refractivity contribution in [3.8, 4) is 0 Å². The lowest BCUT2D eigenvalue weighted by Crippen LogP contribution is -2.52. The number of aryl methyl sites for hydroxylation is 1. The van der Waals surface area contributed by atoms with Crippen LogP contribution in [-0.2, 0) is 11.3 Å². The maximum absolute atomic E-state index is 13.2. The van der Waals surface area contributed by atoms with Gasteiger partial charge in [-0.1, -0.05) is 16.8 Å². The minimum atomic E-state index is -0.504. The average Bonchev–Trinajstić information content (AvgIpc) is 3.03. The lowest BCUT2D eigenvalue weighted by Gasteiger charge is -2.37. The van der Waals surface area contributed by atoms with Gasteiger partial charge < -0.3 is 9.84 Å². The molecule has 1 aromatic carbocycles. The largest absolute Gasteiger partial charge is 0.361 e. The van der Waals surface area contributed by atoms with Gasteiger partial charge in [-0.2, -0.15) is 0 Å². The van der Waals surface area contributed by atoms with E-state index >= 15 is 0 Å². The molecule has 0 bridgehead atoms. The molecule has 1 aromatic heterocycles. The first-order valence-electron chi connectivity index (χ1n) is 8.57. The molecule has 2 aromatic rings. The normalized spacial score (nSPS) is 17.2. The van der Waals surface area contributed by atoms with Crippen LogP contribution >= 0.6 is 11.6 Å². The van der Waals surface area contributed by atoms with E-state index in [4.69, 9.17) is 16.1 Å². The molecule has 0 radical (unpaired) electrons. The minimum Gasteiger partial charge on any atom is -0.361 e. The molecule has 6 nitrogen and oxygen atoms in total. The maximum Gasteiger partial charge on any atom is 0.241 e. The van der Waals surface area contributed by atoms with Crippen LogP contribution in [0.15, 0.2) is 28.8 Å². The van der Waals surface area contributed by atoms with Crippen molar-refractivity contribution in [3.05, 3.63) is 46.6 Å². The minimum absolute atomic E-state index is 0.00726. The van der Waals surface area contributed by atoms with Gasteiger partial charge in [-0.3, -0.25) is 14.6 Å². The van der Waals surface area contributed by atoms with Gasteiger partial charge in [0, 0.05) is 44.5 Å². The molecule has 0 saturated carbocycles. The van der Waals surface area contributed by atoms with E-state index in [0.717, 1.165) is 44.2 Å². The average molecular weight is 381 g/mol. The van der Waals surface area contributed by atoms with E-state index < -0.39 is 5.82 Å². The monoisotopic (exact) mass is 380 g/mol. The van der Waals surface area contributed by atoms with Gasteiger partial charge >= 0.3 is 0 Å². The third-order valence-corrected chi connectivity index (χ3v) is 4.87. The van der Waals surface area contributed by atoms with Crippen molar-refractivity contribution in [2.24, 2.45) is 0 Å². The molecule has 1 aliphatic rings. The summed E-state index contributed by atoms with van der Waals surface area (Å²) >= 11 is 5.76. The van der Waals surface area contributed by atoms with Gasteiger partial charge in [0.15, 0.2) is 0 Å². The van der Waals surface area contributed by atoms with E-state index in [-0.39, 0.29) is 17.0 Å². The number of rotatable bonds is 5. The first-order chi connectivity index (χ1) is 12.4. The van der Waals surface area contributed by atoms with Gasteiger partial charge in [-0.15, -0.1) is 0 Å². The molecular weight excluding hydrogens is 359 g/mol. The summed E-state index contributed by atoms with van der Waals surface area (Å²) in [4.78, 5) is 16.9. The number of nitrogens with one attached hydrogen (secondary N) is 1. The standard InChI is InChI=1S/C18H22ClFN4O2/c1-12-9-15(22-26-12)11-23-5-7-24(8-6-23)13(2)18(25)21-14-3-4-17(20)16(19)10-14/h3-4,9-10,13H,5-8,11H2,1-2H3,(H,21,25). The highest BCUT2D eigenvalue weighted by atomic mass is 35.5. The van der Waals surface area contributed by atoms with E-state index in [1.54, 1.807) is 0 Å². The Kier molecular flexibility index (Phi) is 5.90. The summed E-state index contributed by atoms with van der Waals surface area (Å²) in [5.41, 5.74) is 1.42. The zero-order chi connectivity index (χ0) is 18.7. The topological polar surface area (TPSA) is 61.6 Å². The molecule has 8 heteroatoms. The van der Waals surface area contributed by atoms with E-state index in [9.17, 15) is 9.18 Å². The Bertz CT molecular complexity index is 774. The van der Waals surface area contributed by atoms with Crippen LogP contribution in [-0.4, -0.2) is 53.1 Å². The van der Waals surface area contributed by atoms with Crippen molar-refractivity contribution in [2.45, 2.75) is 26.4 Å². The number of amides is 1. The molecular formula is C18H22ClFN4O2. The van der Waals surface area contributed by atoms with Crippen LogP contribution in [0.2, 0.25) is 5.02 Å². The molecule has 3 rings (SSSR count). The SMILES string of the molecule is Cc1cc(CN2CCN(C(C)C(=O)Nc3ccc(F)c(Cl)c3)CC2)no1. The van der Waals surface area contributed by atoms with E-state index in [0.29, 0.717) is 5.69 Å². The lowest BCUT2D eigenvalue weighted by atomic mass is 10.2. The van der Waals surface area contributed by atoms with Crippen LogP contribution in [0.4, 0.5) is 10.1 Å². The summed E-state index contributed by atoms with van der Waals surface area (Å²) in [5, 5.41) is 6.81. The Morgan fingerprint density at radius 1 is 1.35 bits per heavy atom. The van der Waals surface area contributed by atoms with E-state index in [1.807, 2.05) is 19.9 Å². The second-order valence-corrected chi connectivity index (χ2v) is 6.94. The third-order valence-electron chi connectivity index (χ3n) is 4.58. The fourth-order valence-electron chi connectivity index (χ4n) is 3.02. The quantitative estimate of drug-likeness (QED) is 0.864. The zero-order valence-corrected chi connectivity index (χ0v) is 15.6. The number of hydrogen-bond acceptors (Lipinski definition) is 5. The predicted octanol–water partition coefficient (Wildman–Crippen LogP) is 2.92. The molecule has 1 fully saturated rings. The Morgan fingerprint density at radius 3 is 2.69 bits per heavy atom. The number of nitrogens with zero attached hydrogens (tertiary/aromatic N) is 3. The zero-order valence-electron chi connectivity index (χ0n) is 14.8. The van der Waals surface area contributed by atoms with Crippen LogP contribution in [0.3, 0.4) is 0 Å². The van der Waals surface area contributed by atoms with Gasteiger partial charge in [0.2, 0.25) is 5.91 Å².